The van der Waals surface area contributed by atoms with E-state index in [0.29, 0.717) is 0 Å². The Labute approximate surface area is 200 Å². The summed E-state index contributed by atoms with van der Waals surface area (Å²) >= 11 is 4.63. The number of benzene rings is 4. The predicted molar refractivity (Wildman–Crippen MR) is 146 cm³/mol. The van der Waals surface area contributed by atoms with Gasteiger partial charge < -0.3 is 0 Å². The molecule has 0 heterocycles. The van der Waals surface area contributed by atoms with Gasteiger partial charge >= 0.3 is 201 Å². The van der Waals surface area contributed by atoms with E-state index in [2.05, 4.69) is 148 Å². The molecule has 0 radical (unpaired) electrons. The van der Waals surface area contributed by atoms with Crippen LogP contribution in [0.25, 0.3) is 0 Å². The summed E-state index contributed by atoms with van der Waals surface area (Å²) in [6, 6.07) is 44.0. The van der Waals surface area contributed by atoms with Crippen LogP contribution in [0, 0.1) is 0 Å². The van der Waals surface area contributed by atoms with Gasteiger partial charge in [-0.3, -0.25) is 0 Å². The third-order valence-corrected chi connectivity index (χ3v) is 16.3. The molecule has 0 saturated heterocycles. The minimum atomic E-state index is -3.15. The van der Waals surface area contributed by atoms with E-state index in [-0.39, 0.29) is 0 Å². The van der Waals surface area contributed by atoms with Crippen LogP contribution in [0.15, 0.2) is 121 Å². The Morgan fingerprint density at radius 1 is 0.594 bits per heavy atom. The predicted octanol–water partition coefficient (Wildman–Crippen LogP) is 7.04. The first kappa shape index (κ1) is 22.9. The quantitative estimate of drug-likeness (QED) is 0.221. The topological polar surface area (TPSA) is 3.24 Å². The second-order valence-electron chi connectivity index (χ2n) is 8.20. The molecule has 0 aliphatic carbocycles. The van der Waals surface area contributed by atoms with Crippen LogP contribution in [0.3, 0.4) is 0 Å². The molecule has 1 nitrogen and oxygen atoms in total. The van der Waals surface area contributed by atoms with Crippen molar-refractivity contribution in [3.63, 3.8) is 0 Å². The van der Waals surface area contributed by atoms with E-state index >= 15 is 0 Å². The molecule has 0 aromatic heterocycles. The number of rotatable bonds is 9. The van der Waals surface area contributed by atoms with E-state index in [1.54, 1.807) is 0 Å². The van der Waals surface area contributed by atoms with E-state index in [1.807, 2.05) is 0 Å². The van der Waals surface area contributed by atoms with Crippen molar-refractivity contribution >= 4 is 36.9 Å². The fraction of sp³-hybridized carbons (Fsp3) is 0.172. The van der Waals surface area contributed by atoms with Gasteiger partial charge in [0.2, 0.25) is 0 Å². The molecule has 0 unspecified atom stereocenters. The Morgan fingerprint density at radius 2 is 0.969 bits per heavy atom. The Balaban J connectivity index is 2.07. The van der Waals surface area contributed by atoms with Crippen molar-refractivity contribution in [2.24, 2.45) is 0 Å². The van der Waals surface area contributed by atoms with Crippen LogP contribution in [-0.4, -0.2) is 11.2 Å². The molecule has 0 saturated carbocycles. The maximum atomic E-state index is 4.63. The van der Waals surface area contributed by atoms with Gasteiger partial charge in [0.25, 0.3) is 0 Å². The van der Waals surface area contributed by atoms with Gasteiger partial charge in [0.05, 0.1) is 0 Å². The molecule has 4 aromatic rings. The molecule has 0 amide bonds. The van der Waals surface area contributed by atoms with Crippen molar-refractivity contribution in [3.8, 4) is 0 Å². The monoisotopic (exact) mass is 503 g/mol. The first-order valence-corrected chi connectivity index (χ1v) is 15.6. The molecule has 0 fully saturated rings. The number of unbranched alkanes of at least 4 members (excludes halogenated alkanes) is 1. The zero-order valence-electron chi connectivity index (χ0n) is 18.6. The maximum absolute atomic E-state index is 4.63. The summed E-state index contributed by atoms with van der Waals surface area (Å²) in [6.45, 7) is 4.16. The van der Waals surface area contributed by atoms with Gasteiger partial charge in [-0.05, 0) is 0 Å². The first-order chi connectivity index (χ1) is 15.7. The van der Waals surface area contributed by atoms with E-state index in [4.69, 9.17) is 0 Å². The van der Waals surface area contributed by atoms with Crippen molar-refractivity contribution in [2.75, 3.05) is 6.54 Å². The summed E-state index contributed by atoms with van der Waals surface area (Å²) in [6.07, 6.45) is 2.30. The molecule has 0 aliphatic rings. The Morgan fingerprint density at radius 3 is 1.34 bits per heavy atom. The van der Waals surface area contributed by atoms with E-state index in [9.17, 15) is 0 Å². The van der Waals surface area contributed by atoms with Crippen molar-refractivity contribution < 1.29 is 0 Å². The van der Waals surface area contributed by atoms with Gasteiger partial charge in [-0.25, -0.2) is 0 Å². The average Bonchev–Trinajstić information content (AvgIpc) is 2.88. The van der Waals surface area contributed by atoms with Crippen molar-refractivity contribution in [3.05, 3.63) is 127 Å². The standard InChI is InChI=1S/C29H31BrNP/c1-2-3-24-31(25-26-16-8-4-9-17-26)32(30,27-18-10-5-11-19-27,28-20-12-6-13-21-28)29-22-14-7-15-23-29/h4-23H,2-3,24-25H2,1H3. The molecule has 0 N–H and O–H groups in total. The van der Waals surface area contributed by atoms with Crippen molar-refractivity contribution in [1.82, 2.24) is 4.67 Å². The van der Waals surface area contributed by atoms with Crippen LogP contribution < -0.4 is 15.9 Å². The Bertz CT molecular complexity index is 1000. The van der Waals surface area contributed by atoms with Crippen LogP contribution in [0.5, 0.6) is 0 Å². The molecule has 3 heteroatoms. The zero-order chi connectivity index (χ0) is 22.3. The van der Waals surface area contributed by atoms with E-state index < -0.39 is 5.46 Å². The van der Waals surface area contributed by atoms with Gasteiger partial charge in [-0.15, -0.1) is 0 Å². The first-order valence-electron chi connectivity index (χ1n) is 11.4. The second-order valence-corrected chi connectivity index (χ2v) is 16.4. The fourth-order valence-corrected chi connectivity index (χ4v) is 12.5. The molecule has 0 spiro atoms. The van der Waals surface area contributed by atoms with E-state index in [0.717, 1.165) is 25.9 Å². The third-order valence-electron chi connectivity index (χ3n) is 6.19. The average molecular weight is 504 g/mol. The normalized spacial score (nSPS) is 12.9. The second kappa shape index (κ2) is 10.1. The number of nitrogens with zero attached hydrogens (tertiary/aromatic N) is 1. The molecular formula is C29H31BrNP. The fourth-order valence-electron chi connectivity index (χ4n) is 4.57. The summed E-state index contributed by atoms with van der Waals surface area (Å²) in [5.74, 6) is 0. The summed E-state index contributed by atoms with van der Waals surface area (Å²) < 4.78 is 2.74. The summed E-state index contributed by atoms with van der Waals surface area (Å²) in [5, 5.41) is 4.01. The number of halogens is 1. The van der Waals surface area contributed by atoms with Crippen LogP contribution >= 0.6 is 20.9 Å². The SMILES string of the molecule is CCCCN(Cc1ccccc1)P(Br)(c1ccccc1)(c1ccccc1)c1ccccc1. The van der Waals surface area contributed by atoms with Gasteiger partial charge in [0.1, 0.15) is 0 Å². The molecular weight excluding hydrogens is 473 g/mol. The number of hydrogen-bond acceptors (Lipinski definition) is 1. The van der Waals surface area contributed by atoms with E-state index in [1.165, 1.54) is 21.5 Å². The van der Waals surface area contributed by atoms with Gasteiger partial charge in [-0.2, -0.15) is 0 Å². The van der Waals surface area contributed by atoms with Gasteiger partial charge in [0.15, 0.2) is 0 Å². The Kier molecular flexibility index (Phi) is 7.26. The third kappa shape index (κ3) is 4.08. The zero-order valence-corrected chi connectivity index (χ0v) is 21.1. The molecule has 32 heavy (non-hydrogen) atoms. The van der Waals surface area contributed by atoms with Crippen molar-refractivity contribution in [1.29, 1.82) is 0 Å². The minimum absolute atomic E-state index is 0.878. The molecule has 0 aliphatic heterocycles. The van der Waals surface area contributed by atoms with Gasteiger partial charge in [-0.1, -0.05) is 0 Å². The molecule has 0 atom stereocenters. The molecule has 164 valence electrons. The van der Waals surface area contributed by atoms with Crippen LogP contribution in [-0.2, 0) is 6.54 Å². The van der Waals surface area contributed by atoms with Crippen LogP contribution in [0.4, 0.5) is 0 Å². The van der Waals surface area contributed by atoms with Crippen LogP contribution in [0.2, 0.25) is 0 Å². The molecule has 4 rings (SSSR count). The van der Waals surface area contributed by atoms with Gasteiger partial charge in [0, 0.05) is 0 Å². The number of hydrogen-bond donors (Lipinski definition) is 0. The summed E-state index contributed by atoms with van der Waals surface area (Å²) in [4.78, 5) is 0. The summed E-state index contributed by atoms with van der Waals surface area (Å²) in [7, 11) is 0. The molecule has 0 bridgehead atoms. The summed E-state index contributed by atoms with van der Waals surface area (Å²) in [5.41, 5.74) is -1.82. The van der Waals surface area contributed by atoms with Crippen molar-refractivity contribution in [2.45, 2.75) is 26.3 Å². The Hall–Kier alpha value is -2.25. The molecule has 4 aromatic carbocycles. The van der Waals surface area contributed by atoms with Crippen LogP contribution in [0.1, 0.15) is 25.3 Å².